The Morgan fingerprint density at radius 1 is 1.48 bits per heavy atom. The van der Waals surface area contributed by atoms with Crippen LogP contribution in [0, 0.1) is 17.7 Å². The van der Waals surface area contributed by atoms with Crippen LogP contribution in [-0.2, 0) is 10.0 Å². The molecule has 0 spiro atoms. The summed E-state index contributed by atoms with van der Waals surface area (Å²) in [6.45, 7) is 1.36. The van der Waals surface area contributed by atoms with Crippen LogP contribution >= 0.6 is 0 Å². The number of halogens is 1. The first kappa shape index (κ1) is 20.5. The SMILES string of the molecule is CCN(c1cc(F)ccc1C1NC(C#CCO)=CN1C(=O)NC)S(C)(=O)=O. The highest BCUT2D eigenvalue weighted by Gasteiger charge is 2.33. The number of carbonyl (C=O) groups is 1. The summed E-state index contributed by atoms with van der Waals surface area (Å²) in [4.78, 5) is 13.5. The Balaban J connectivity index is 2.58. The van der Waals surface area contributed by atoms with E-state index in [9.17, 15) is 17.6 Å². The Hall–Kier alpha value is -2.77. The number of allylic oxidation sites excluding steroid dienone is 1. The summed E-state index contributed by atoms with van der Waals surface area (Å²) in [6.07, 6.45) is 1.66. The minimum absolute atomic E-state index is 0.0899. The van der Waals surface area contributed by atoms with Gasteiger partial charge in [0.15, 0.2) is 0 Å². The van der Waals surface area contributed by atoms with Gasteiger partial charge in [-0.3, -0.25) is 9.21 Å². The molecule has 0 aliphatic carbocycles. The van der Waals surface area contributed by atoms with Crippen LogP contribution < -0.4 is 14.9 Å². The van der Waals surface area contributed by atoms with E-state index in [4.69, 9.17) is 5.11 Å². The zero-order valence-electron chi connectivity index (χ0n) is 15.2. The molecule has 8 nitrogen and oxygen atoms in total. The van der Waals surface area contributed by atoms with Gasteiger partial charge in [0.1, 0.15) is 24.3 Å². The fraction of sp³-hybridized carbons (Fsp3) is 0.353. The number of nitrogens with zero attached hydrogens (tertiary/aromatic N) is 2. The van der Waals surface area contributed by atoms with Crippen molar-refractivity contribution in [2.45, 2.75) is 13.1 Å². The smallest absolute Gasteiger partial charge is 0.323 e. The second kappa shape index (κ2) is 8.28. The van der Waals surface area contributed by atoms with Gasteiger partial charge in [-0.2, -0.15) is 0 Å². The molecule has 1 aliphatic heterocycles. The summed E-state index contributed by atoms with van der Waals surface area (Å²) in [6, 6.07) is 3.25. The topological polar surface area (TPSA) is 102 Å². The maximum atomic E-state index is 13.9. The number of urea groups is 1. The molecule has 2 rings (SSSR count). The van der Waals surface area contributed by atoms with E-state index < -0.39 is 28.0 Å². The lowest BCUT2D eigenvalue weighted by atomic mass is 10.1. The lowest BCUT2D eigenvalue weighted by molar-refractivity contribution is 0.203. The van der Waals surface area contributed by atoms with Crippen LogP contribution in [0.2, 0.25) is 0 Å². The standard InChI is InChI=1S/C17H21FN4O4S/c1-4-22(27(3,25)26)15-10-12(18)7-8-14(15)16-20-13(6-5-9-23)11-21(16)17(24)19-2/h7-8,10-11,16,20,23H,4,9H2,1-3H3,(H,19,24). The lowest BCUT2D eigenvalue weighted by Crippen LogP contribution is -2.39. The van der Waals surface area contributed by atoms with Crippen molar-refractivity contribution in [3.05, 3.63) is 41.5 Å². The summed E-state index contributed by atoms with van der Waals surface area (Å²) >= 11 is 0. The van der Waals surface area contributed by atoms with Crippen LogP contribution in [0.1, 0.15) is 18.7 Å². The molecule has 0 fully saturated rings. The minimum atomic E-state index is -3.67. The molecule has 1 heterocycles. The second-order valence-corrected chi connectivity index (χ2v) is 7.55. The number of hydrogen-bond acceptors (Lipinski definition) is 5. The number of carbonyl (C=O) groups excluding carboxylic acids is 1. The van der Waals surface area contributed by atoms with Crippen molar-refractivity contribution < 1.29 is 22.7 Å². The number of amides is 2. The molecule has 1 aromatic carbocycles. The number of rotatable bonds is 4. The highest BCUT2D eigenvalue weighted by Crippen LogP contribution is 2.34. The lowest BCUT2D eigenvalue weighted by Gasteiger charge is -2.29. The van der Waals surface area contributed by atoms with Crippen LogP contribution in [0.15, 0.2) is 30.1 Å². The van der Waals surface area contributed by atoms with E-state index in [1.54, 1.807) is 6.92 Å². The van der Waals surface area contributed by atoms with Gasteiger partial charge >= 0.3 is 6.03 Å². The van der Waals surface area contributed by atoms with Gasteiger partial charge in [0.2, 0.25) is 10.0 Å². The Morgan fingerprint density at radius 3 is 2.74 bits per heavy atom. The largest absolute Gasteiger partial charge is 0.384 e. The number of aliphatic hydroxyl groups is 1. The van der Waals surface area contributed by atoms with E-state index in [0.717, 1.165) is 16.6 Å². The van der Waals surface area contributed by atoms with Crippen molar-refractivity contribution in [2.75, 3.05) is 30.8 Å². The number of benzene rings is 1. The van der Waals surface area contributed by atoms with Crippen LogP contribution in [0.25, 0.3) is 0 Å². The summed E-state index contributed by atoms with van der Waals surface area (Å²) in [5.41, 5.74) is 0.857. The Kier molecular flexibility index (Phi) is 6.30. The predicted octanol–water partition coefficient (Wildman–Crippen LogP) is 0.692. The monoisotopic (exact) mass is 396 g/mol. The van der Waals surface area contributed by atoms with Gasteiger partial charge in [-0.25, -0.2) is 17.6 Å². The zero-order chi connectivity index (χ0) is 20.2. The third kappa shape index (κ3) is 4.50. The first-order valence-corrected chi connectivity index (χ1v) is 9.93. The molecule has 146 valence electrons. The fourth-order valence-corrected chi connectivity index (χ4v) is 3.74. The molecule has 3 N–H and O–H groups in total. The molecule has 0 radical (unpaired) electrons. The van der Waals surface area contributed by atoms with E-state index in [0.29, 0.717) is 11.3 Å². The minimum Gasteiger partial charge on any atom is -0.384 e. The van der Waals surface area contributed by atoms with E-state index in [-0.39, 0.29) is 18.8 Å². The van der Waals surface area contributed by atoms with Gasteiger partial charge in [0, 0.05) is 25.4 Å². The number of hydrogen-bond donors (Lipinski definition) is 3. The average molecular weight is 396 g/mol. The normalized spacial score (nSPS) is 16.1. The molecule has 1 atom stereocenters. The number of nitrogens with one attached hydrogen (secondary N) is 2. The van der Waals surface area contributed by atoms with Gasteiger partial charge in [-0.1, -0.05) is 12.0 Å². The van der Waals surface area contributed by atoms with Crippen molar-refractivity contribution in [1.82, 2.24) is 15.5 Å². The third-order valence-corrected chi connectivity index (χ3v) is 5.09. The molecule has 1 aromatic rings. The molecular weight excluding hydrogens is 375 g/mol. The molecule has 0 aromatic heterocycles. The van der Waals surface area contributed by atoms with Crippen molar-refractivity contribution in [1.29, 1.82) is 0 Å². The summed E-state index contributed by atoms with van der Waals surface area (Å²) in [7, 11) is -2.22. The predicted molar refractivity (Wildman–Crippen MR) is 99.4 cm³/mol. The van der Waals surface area contributed by atoms with Crippen LogP contribution in [0.5, 0.6) is 0 Å². The average Bonchev–Trinajstić information content (AvgIpc) is 3.02. The molecule has 0 saturated carbocycles. The van der Waals surface area contributed by atoms with Crippen molar-refractivity contribution in [3.63, 3.8) is 0 Å². The van der Waals surface area contributed by atoms with Gasteiger partial charge in [-0.15, -0.1) is 0 Å². The van der Waals surface area contributed by atoms with Crippen molar-refractivity contribution >= 4 is 21.7 Å². The first-order valence-electron chi connectivity index (χ1n) is 8.08. The summed E-state index contributed by atoms with van der Waals surface area (Å²) in [5, 5.41) is 14.3. The van der Waals surface area contributed by atoms with Gasteiger partial charge in [0.05, 0.1) is 11.9 Å². The Bertz CT molecular complexity index is 921. The van der Waals surface area contributed by atoms with E-state index >= 15 is 0 Å². The summed E-state index contributed by atoms with van der Waals surface area (Å²) < 4.78 is 39.2. The Labute approximate surface area is 157 Å². The molecule has 1 unspecified atom stereocenters. The molecule has 0 saturated heterocycles. The van der Waals surface area contributed by atoms with Gasteiger partial charge < -0.3 is 15.7 Å². The number of sulfonamides is 1. The fourth-order valence-electron chi connectivity index (χ4n) is 2.75. The van der Waals surface area contributed by atoms with E-state index in [1.807, 2.05) is 0 Å². The molecule has 27 heavy (non-hydrogen) atoms. The highest BCUT2D eigenvalue weighted by molar-refractivity contribution is 7.92. The second-order valence-electron chi connectivity index (χ2n) is 5.64. The van der Waals surface area contributed by atoms with Crippen LogP contribution in [0.3, 0.4) is 0 Å². The first-order chi connectivity index (χ1) is 12.7. The molecule has 1 aliphatic rings. The Morgan fingerprint density at radius 2 is 2.19 bits per heavy atom. The molecule has 2 amide bonds. The van der Waals surface area contributed by atoms with Gasteiger partial charge in [-0.05, 0) is 25.0 Å². The van der Waals surface area contributed by atoms with E-state index in [1.165, 1.54) is 30.3 Å². The third-order valence-electron chi connectivity index (χ3n) is 3.83. The highest BCUT2D eigenvalue weighted by atomic mass is 32.2. The van der Waals surface area contributed by atoms with Crippen molar-refractivity contribution in [3.8, 4) is 11.8 Å². The number of anilines is 1. The van der Waals surface area contributed by atoms with Gasteiger partial charge in [0.25, 0.3) is 0 Å². The maximum Gasteiger partial charge on any atom is 0.323 e. The quantitative estimate of drug-likeness (QED) is 0.650. The zero-order valence-corrected chi connectivity index (χ0v) is 16.0. The van der Waals surface area contributed by atoms with Crippen molar-refractivity contribution in [2.24, 2.45) is 0 Å². The number of aliphatic hydroxyl groups excluding tert-OH is 1. The van der Waals surface area contributed by atoms with Crippen LogP contribution in [0.4, 0.5) is 14.9 Å². The van der Waals surface area contributed by atoms with Crippen LogP contribution in [-0.4, -0.2) is 50.9 Å². The summed E-state index contributed by atoms with van der Waals surface area (Å²) in [5.74, 6) is 4.54. The molecule has 0 bridgehead atoms. The molecule has 10 heteroatoms. The molecular formula is C17H21FN4O4S. The van der Waals surface area contributed by atoms with E-state index in [2.05, 4.69) is 22.5 Å². The maximum absolute atomic E-state index is 13.9.